The highest BCUT2D eigenvalue weighted by molar-refractivity contribution is 6.17. The molecule has 1 aromatic rings. The van der Waals surface area contributed by atoms with Crippen LogP contribution in [0.25, 0.3) is 0 Å². The Kier molecular flexibility index (Phi) is 5.08. The zero-order valence-corrected chi connectivity index (χ0v) is 11.2. The van der Waals surface area contributed by atoms with Gasteiger partial charge in [-0.2, -0.15) is 0 Å². The molecule has 1 aromatic carbocycles. The van der Waals surface area contributed by atoms with Crippen molar-refractivity contribution in [3.63, 3.8) is 0 Å². The van der Waals surface area contributed by atoms with Crippen LogP contribution in [0.5, 0.6) is 0 Å². The second kappa shape index (κ2) is 6.14. The minimum absolute atomic E-state index is 0.179. The van der Waals surface area contributed by atoms with E-state index in [1.807, 2.05) is 13.8 Å². The van der Waals surface area contributed by atoms with Crippen molar-refractivity contribution < 1.29 is 13.6 Å². The van der Waals surface area contributed by atoms with Crippen molar-refractivity contribution in [1.82, 2.24) is 5.32 Å². The molecule has 0 unspecified atom stereocenters. The molecular weight excluding hydrogens is 260 g/mol. The molecular formula is C13H16ClF2NO. The van der Waals surface area contributed by atoms with Crippen molar-refractivity contribution in [1.29, 1.82) is 0 Å². The largest absolute Gasteiger partial charge is 0.351 e. The summed E-state index contributed by atoms with van der Waals surface area (Å²) in [5.41, 5.74) is -0.460. The van der Waals surface area contributed by atoms with Crippen LogP contribution in [0.2, 0.25) is 0 Å². The third-order valence-electron chi connectivity index (χ3n) is 2.67. The minimum Gasteiger partial charge on any atom is -0.351 e. The summed E-state index contributed by atoms with van der Waals surface area (Å²) in [7, 11) is 0. The third-order valence-corrected chi connectivity index (χ3v) is 2.86. The van der Waals surface area contributed by atoms with E-state index in [1.165, 1.54) is 0 Å². The van der Waals surface area contributed by atoms with Gasteiger partial charge in [0, 0.05) is 12.4 Å². The van der Waals surface area contributed by atoms with E-state index in [-0.39, 0.29) is 11.0 Å². The second-order valence-corrected chi connectivity index (χ2v) is 5.29. The quantitative estimate of drug-likeness (QED) is 0.821. The van der Waals surface area contributed by atoms with Crippen LogP contribution in [-0.4, -0.2) is 18.3 Å². The zero-order chi connectivity index (χ0) is 13.8. The molecule has 0 heterocycles. The van der Waals surface area contributed by atoms with Crippen LogP contribution >= 0.6 is 11.6 Å². The molecule has 18 heavy (non-hydrogen) atoms. The lowest BCUT2D eigenvalue weighted by atomic mass is 9.90. The first-order chi connectivity index (χ1) is 8.35. The SMILES string of the molecule is CC(C)(CCCl)CNC(=O)c1cc(F)ccc1F. The van der Waals surface area contributed by atoms with E-state index in [1.54, 1.807) is 0 Å². The third kappa shape index (κ3) is 4.26. The monoisotopic (exact) mass is 275 g/mol. The molecule has 0 aliphatic rings. The van der Waals surface area contributed by atoms with Gasteiger partial charge in [0.2, 0.25) is 0 Å². The van der Waals surface area contributed by atoms with Gasteiger partial charge in [0.15, 0.2) is 0 Å². The number of hydrogen-bond acceptors (Lipinski definition) is 1. The smallest absolute Gasteiger partial charge is 0.254 e. The van der Waals surface area contributed by atoms with Crippen molar-refractivity contribution >= 4 is 17.5 Å². The van der Waals surface area contributed by atoms with Crippen LogP contribution < -0.4 is 5.32 Å². The molecule has 0 radical (unpaired) electrons. The van der Waals surface area contributed by atoms with E-state index in [2.05, 4.69) is 5.32 Å². The summed E-state index contributed by atoms with van der Waals surface area (Å²) in [6, 6.07) is 2.80. The molecule has 0 fully saturated rings. The first-order valence-electron chi connectivity index (χ1n) is 5.65. The Bertz CT molecular complexity index is 435. The van der Waals surface area contributed by atoms with Crippen LogP contribution in [0.3, 0.4) is 0 Å². The summed E-state index contributed by atoms with van der Waals surface area (Å²) in [5, 5.41) is 2.59. The average molecular weight is 276 g/mol. The Morgan fingerprint density at radius 3 is 2.67 bits per heavy atom. The fourth-order valence-corrected chi connectivity index (χ4v) is 1.94. The molecule has 0 aliphatic heterocycles. The number of rotatable bonds is 5. The maximum absolute atomic E-state index is 13.3. The van der Waals surface area contributed by atoms with E-state index >= 15 is 0 Å². The summed E-state index contributed by atoms with van der Waals surface area (Å²) in [5.74, 6) is -1.50. The van der Waals surface area contributed by atoms with Crippen molar-refractivity contribution in [2.45, 2.75) is 20.3 Å². The molecule has 0 spiro atoms. The van der Waals surface area contributed by atoms with Gasteiger partial charge < -0.3 is 5.32 Å². The second-order valence-electron chi connectivity index (χ2n) is 4.91. The molecule has 5 heteroatoms. The molecule has 0 aliphatic carbocycles. The lowest BCUT2D eigenvalue weighted by Crippen LogP contribution is -2.34. The summed E-state index contributed by atoms with van der Waals surface area (Å²) in [4.78, 5) is 11.7. The van der Waals surface area contributed by atoms with Gasteiger partial charge in [-0.3, -0.25) is 4.79 Å². The number of amides is 1. The van der Waals surface area contributed by atoms with E-state index in [0.717, 1.165) is 24.6 Å². The molecule has 1 amide bonds. The minimum atomic E-state index is -0.732. The molecule has 1 rings (SSSR count). The number of halogens is 3. The molecule has 0 aromatic heterocycles. The van der Waals surface area contributed by atoms with Gasteiger partial charge >= 0.3 is 0 Å². The Morgan fingerprint density at radius 1 is 1.39 bits per heavy atom. The number of carbonyl (C=O) groups is 1. The highest BCUT2D eigenvalue weighted by atomic mass is 35.5. The van der Waals surface area contributed by atoms with Gasteiger partial charge in [0.05, 0.1) is 5.56 Å². The molecule has 100 valence electrons. The van der Waals surface area contributed by atoms with Gasteiger partial charge in [-0.25, -0.2) is 8.78 Å². The maximum atomic E-state index is 13.3. The van der Waals surface area contributed by atoms with Gasteiger partial charge in [-0.15, -0.1) is 11.6 Å². The van der Waals surface area contributed by atoms with Crippen LogP contribution in [0.4, 0.5) is 8.78 Å². The topological polar surface area (TPSA) is 29.1 Å². The predicted molar refractivity (Wildman–Crippen MR) is 67.8 cm³/mol. The normalized spacial score (nSPS) is 11.4. The fraction of sp³-hybridized carbons (Fsp3) is 0.462. The molecule has 0 saturated carbocycles. The lowest BCUT2D eigenvalue weighted by Gasteiger charge is -2.23. The summed E-state index contributed by atoms with van der Waals surface area (Å²) >= 11 is 5.64. The van der Waals surface area contributed by atoms with Gasteiger partial charge in [0.1, 0.15) is 11.6 Å². The maximum Gasteiger partial charge on any atom is 0.254 e. The Morgan fingerprint density at radius 2 is 2.06 bits per heavy atom. The molecule has 1 N–H and O–H groups in total. The van der Waals surface area contributed by atoms with Gasteiger partial charge in [-0.1, -0.05) is 13.8 Å². The van der Waals surface area contributed by atoms with Crippen molar-refractivity contribution in [3.8, 4) is 0 Å². The fourth-order valence-electron chi connectivity index (χ4n) is 1.43. The molecule has 0 saturated heterocycles. The highest BCUT2D eigenvalue weighted by Gasteiger charge is 2.20. The predicted octanol–water partition coefficient (Wildman–Crippen LogP) is 3.35. The van der Waals surface area contributed by atoms with Crippen molar-refractivity contribution in [2.24, 2.45) is 5.41 Å². The van der Waals surface area contributed by atoms with Crippen molar-refractivity contribution in [2.75, 3.05) is 12.4 Å². The van der Waals surface area contributed by atoms with Crippen LogP contribution in [0, 0.1) is 17.0 Å². The van der Waals surface area contributed by atoms with E-state index in [4.69, 9.17) is 11.6 Å². The Balaban J connectivity index is 2.69. The summed E-state index contributed by atoms with van der Waals surface area (Å²) in [6.07, 6.45) is 0.723. The lowest BCUT2D eigenvalue weighted by molar-refractivity contribution is 0.0931. The number of alkyl halides is 1. The first kappa shape index (κ1) is 14.9. The van der Waals surface area contributed by atoms with E-state index in [9.17, 15) is 13.6 Å². The summed E-state index contributed by atoms with van der Waals surface area (Å²) < 4.78 is 26.3. The Labute approximate surface area is 110 Å². The Hall–Kier alpha value is -1.16. The standard InChI is InChI=1S/C13H16ClF2NO/c1-13(2,5-6-14)8-17-12(18)10-7-9(15)3-4-11(10)16/h3-4,7H,5-6,8H2,1-2H3,(H,17,18). The number of carbonyl (C=O) groups excluding carboxylic acids is 1. The zero-order valence-electron chi connectivity index (χ0n) is 10.4. The average Bonchev–Trinajstić information content (AvgIpc) is 2.29. The molecule has 2 nitrogen and oxygen atoms in total. The first-order valence-corrected chi connectivity index (χ1v) is 6.18. The molecule has 0 bridgehead atoms. The van der Waals surface area contributed by atoms with Crippen molar-refractivity contribution in [3.05, 3.63) is 35.4 Å². The van der Waals surface area contributed by atoms with Crippen LogP contribution in [0.1, 0.15) is 30.6 Å². The summed E-state index contributed by atoms with van der Waals surface area (Å²) in [6.45, 7) is 4.24. The number of benzene rings is 1. The van der Waals surface area contributed by atoms with Gasteiger partial charge in [0.25, 0.3) is 5.91 Å². The van der Waals surface area contributed by atoms with Crippen LogP contribution in [0.15, 0.2) is 18.2 Å². The molecule has 0 atom stereocenters. The van der Waals surface area contributed by atoms with Crippen LogP contribution in [-0.2, 0) is 0 Å². The highest BCUT2D eigenvalue weighted by Crippen LogP contribution is 2.20. The number of nitrogens with one attached hydrogen (secondary N) is 1. The van der Waals surface area contributed by atoms with Gasteiger partial charge in [-0.05, 0) is 30.0 Å². The van der Waals surface area contributed by atoms with E-state index in [0.29, 0.717) is 12.4 Å². The van der Waals surface area contributed by atoms with E-state index < -0.39 is 17.5 Å². The number of hydrogen-bond donors (Lipinski definition) is 1.